The molecule has 0 spiro atoms. The van der Waals surface area contributed by atoms with Crippen molar-refractivity contribution in [3.8, 4) is 5.75 Å². The first-order valence-corrected chi connectivity index (χ1v) is 7.60. The van der Waals surface area contributed by atoms with E-state index in [0.29, 0.717) is 24.2 Å². The summed E-state index contributed by atoms with van der Waals surface area (Å²) in [4.78, 5) is 24.2. The Morgan fingerprint density at radius 1 is 1.30 bits per heavy atom. The van der Waals surface area contributed by atoms with Crippen molar-refractivity contribution in [1.29, 1.82) is 0 Å². The quantitative estimate of drug-likeness (QED) is 0.894. The Labute approximate surface area is 135 Å². The van der Waals surface area contributed by atoms with Crippen LogP contribution in [0.2, 0.25) is 0 Å². The number of amides is 1. The smallest absolute Gasteiger partial charge is 0.408 e. The van der Waals surface area contributed by atoms with E-state index in [0.717, 1.165) is 12.0 Å². The minimum absolute atomic E-state index is 0.307. The van der Waals surface area contributed by atoms with E-state index >= 15 is 0 Å². The fourth-order valence-corrected chi connectivity index (χ4v) is 2.86. The lowest BCUT2D eigenvalue weighted by Crippen LogP contribution is -2.54. The summed E-state index contributed by atoms with van der Waals surface area (Å²) in [7, 11) is 1.52. The van der Waals surface area contributed by atoms with Gasteiger partial charge in [0.15, 0.2) is 5.54 Å². The molecule has 1 unspecified atom stereocenters. The van der Waals surface area contributed by atoms with Crippen LogP contribution in [-0.4, -0.2) is 29.9 Å². The molecule has 0 aromatic heterocycles. The lowest BCUT2D eigenvalue weighted by Gasteiger charge is -2.36. The lowest BCUT2D eigenvalue weighted by molar-refractivity contribution is -0.146. The molecule has 0 saturated heterocycles. The van der Waals surface area contributed by atoms with E-state index in [1.165, 1.54) is 7.11 Å². The number of aliphatic carboxylic acids is 1. The second-order valence-electron chi connectivity index (χ2n) is 6.71. The summed E-state index contributed by atoms with van der Waals surface area (Å²) < 4.78 is 10.4. The minimum Gasteiger partial charge on any atom is -0.497 e. The molecule has 6 nitrogen and oxygen atoms in total. The van der Waals surface area contributed by atoms with Crippen LogP contribution in [0.5, 0.6) is 5.75 Å². The van der Waals surface area contributed by atoms with Crippen molar-refractivity contribution in [2.75, 3.05) is 7.11 Å². The molecule has 0 fully saturated rings. The molecule has 0 bridgehead atoms. The fourth-order valence-electron chi connectivity index (χ4n) is 2.86. The van der Waals surface area contributed by atoms with Gasteiger partial charge in [-0.3, -0.25) is 0 Å². The van der Waals surface area contributed by atoms with Crippen LogP contribution in [0, 0.1) is 0 Å². The Kier molecular flexibility index (Phi) is 4.54. The van der Waals surface area contributed by atoms with Crippen LogP contribution < -0.4 is 10.1 Å². The van der Waals surface area contributed by atoms with Crippen molar-refractivity contribution in [2.45, 2.75) is 51.2 Å². The molecular weight excluding hydrogens is 298 g/mol. The highest BCUT2D eigenvalue weighted by Crippen LogP contribution is 2.38. The van der Waals surface area contributed by atoms with E-state index in [1.54, 1.807) is 32.9 Å². The number of rotatable bonds is 3. The van der Waals surface area contributed by atoms with Crippen LogP contribution in [-0.2, 0) is 21.5 Å². The summed E-state index contributed by atoms with van der Waals surface area (Å²) in [6, 6.07) is 5.33. The van der Waals surface area contributed by atoms with E-state index in [-0.39, 0.29) is 0 Å². The molecule has 2 rings (SSSR count). The van der Waals surface area contributed by atoms with Gasteiger partial charge in [0.1, 0.15) is 11.4 Å². The molecular formula is C17H23NO5. The molecule has 1 aromatic carbocycles. The lowest BCUT2D eigenvalue weighted by atomic mass is 9.76. The molecule has 1 aliphatic rings. The molecule has 6 heteroatoms. The number of methoxy groups -OCH3 is 1. The van der Waals surface area contributed by atoms with Crippen LogP contribution in [0.15, 0.2) is 18.2 Å². The number of alkyl carbamates (subject to hydrolysis) is 1. The molecule has 1 atom stereocenters. The van der Waals surface area contributed by atoms with Crippen LogP contribution in [0.3, 0.4) is 0 Å². The second kappa shape index (κ2) is 6.10. The molecule has 126 valence electrons. The maximum absolute atomic E-state index is 12.2. The number of benzene rings is 1. The van der Waals surface area contributed by atoms with Crippen molar-refractivity contribution < 1.29 is 24.2 Å². The van der Waals surface area contributed by atoms with E-state index in [2.05, 4.69) is 5.32 Å². The van der Waals surface area contributed by atoms with Gasteiger partial charge < -0.3 is 19.9 Å². The first-order chi connectivity index (χ1) is 10.7. The molecule has 1 aromatic rings. The van der Waals surface area contributed by atoms with Gasteiger partial charge in [-0.25, -0.2) is 9.59 Å². The predicted molar refractivity (Wildman–Crippen MR) is 84.6 cm³/mol. The number of nitrogens with one attached hydrogen (secondary N) is 1. The standard InChI is InChI=1S/C17H23NO5/c1-16(2,3)23-15(21)18-17(14(19)20)9-5-6-11-7-8-12(22-4)10-13(11)17/h7-8,10H,5-6,9H2,1-4H3,(H,18,21)(H,19,20). The third kappa shape index (κ3) is 3.57. The maximum Gasteiger partial charge on any atom is 0.408 e. The summed E-state index contributed by atoms with van der Waals surface area (Å²) in [5.41, 5.74) is -0.739. The fraction of sp³-hybridized carbons (Fsp3) is 0.529. The highest BCUT2D eigenvalue weighted by Gasteiger charge is 2.46. The molecule has 23 heavy (non-hydrogen) atoms. The second-order valence-corrected chi connectivity index (χ2v) is 6.71. The van der Waals surface area contributed by atoms with Gasteiger partial charge in [0.05, 0.1) is 7.11 Å². The molecule has 2 N–H and O–H groups in total. The van der Waals surface area contributed by atoms with Gasteiger partial charge in [-0.05, 0) is 63.3 Å². The molecule has 0 radical (unpaired) electrons. The van der Waals surface area contributed by atoms with Crippen molar-refractivity contribution in [2.24, 2.45) is 0 Å². The number of carboxylic acid groups (broad SMARTS) is 1. The van der Waals surface area contributed by atoms with E-state index in [1.807, 2.05) is 6.07 Å². The van der Waals surface area contributed by atoms with Crippen molar-refractivity contribution >= 4 is 12.1 Å². The Balaban J connectivity index is 2.43. The van der Waals surface area contributed by atoms with Crippen LogP contribution in [0.1, 0.15) is 44.7 Å². The molecule has 0 saturated carbocycles. The Morgan fingerprint density at radius 2 is 2.00 bits per heavy atom. The zero-order valence-corrected chi connectivity index (χ0v) is 13.9. The van der Waals surface area contributed by atoms with Crippen molar-refractivity contribution in [3.05, 3.63) is 29.3 Å². The largest absolute Gasteiger partial charge is 0.497 e. The topological polar surface area (TPSA) is 84.9 Å². The third-order valence-corrected chi connectivity index (χ3v) is 3.85. The highest BCUT2D eigenvalue weighted by molar-refractivity contribution is 5.87. The first-order valence-electron chi connectivity index (χ1n) is 7.60. The highest BCUT2D eigenvalue weighted by atomic mass is 16.6. The summed E-state index contributed by atoms with van der Waals surface area (Å²) in [6.07, 6.45) is 1.00. The number of ether oxygens (including phenoxy) is 2. The zero-order chi connectivity index (χ0) is 17.3. The predicted octanol–water partition coefficient (Wildman–Crippen LogP) is 2.84. The van der Waals surface area contributed by atoms with E-state index in [9.17, 15) is 14.7 Å². The average molecular weight is 321 g/mol. The summed E-state index contributed by atoms with van der Waals surface area (Å²) in [6.45, 7) is 5.20. The summed E-state index contributed by atoms with van der Waals surface area (Å²) in [5, 5.41) is 12.4. The molecule has 1 amide bonds. The number of fused-ring (bicyclic) bond motifs is 1. The van der Waals surface area contributed by atoms with Crippen molar-refractivity contribution in [3.63, 3.8) is 0 Å². The number of hydrogen-bond donors (Lipinski definition) is 2. The van der Waals surface area contributed by atoms with Crippen LogP contribution in [0.25, 0.3) is 0 Å². The maximum atomic E-state index is 12.2. The van der Waals surface area contributed by atoms with E-state index < -0.39 is 23.2 Å². The van der Waals surface area contributed by atoms with Crippen LogP contribution >= 0.6 is 0 Å². The molecule has 0 heterocycles. The number of hydrogen-bond acceptors (Lipinski definition) is 4. The van der Waals surface area contributed by atoms with Gasteiger partial charge in [0.2, 0.25) is 0 Å². The summed E-state index contributed by atoms with van der Waals surface area (Å²) in [5.74, 6) is -0.542. The SMILES string of the molecule is COc1ccc2c(c1)C(NC(=O)OC(C)(C)C)(C(=O)O)CCC2. The van der Waals surface area contributed by atoms with E-state index in [4.69, 9.17) is 9.47 Å². The monoisotopic (exact) mass is 321 g/mol. The normalized spacial score (nSPS) is 20.3. The zero-order valence-electron chi connectivity index (χ0n) is 13.9. The minimum atomic E-state index is -1.50. The molecule has 1 aliphatic carbocycles. The van der Waals surface area contributed by atoms with Gasteiger partial charge in [-0.2, -0.15) is 0 Å². The van der Waals surface area contributed by atoms with Gasteiger partial charge in [-0.15, -0.1) is 0 Å². The number of carbonyl (C=O) groups is 2. The Morgan fingerprint density at radius 3 is 2.57 bits per heavy atom. The average Bonchev–Trinajstić information content (AvgIpc) is 2.44. The number of carboxylic acids is 1. The first kappa shape index (κ1) is 17.1. The Hall–Kier alpha value is -2.24. The number of aryl methyl sites for hydroxylation is 1. The summed E-state index contributed by atoms with van der Waals surface area (Å²) >= 11 is 0. The van der Waals surface area contributed by atoms with Crippen LogP contribution in [0.4, 0.5) is 4.79 Å². The van der Waals surface area contributed by atoms with Crippen molar-refractivity contribution in [1.82, 2.24) is 5.32 Å². The third-order valence-electron chi connectivity index (χ3n) is 3.85. The van der Waals surface area contributed by atoms with Gasteiger partial charge in [0, 0.05) is 0 Å². The van der Waals surface area contributed by atoms with Gasteiger partial charge in [0.25, 0.3) is 0 Å². The van der Waals surface area contributed by atoms with Gasteiger partial charge in [-0.1, -0.05) is 6.07 Å². The van der Waals surface area contributed by atoms with Gasteiger partial charge >= 0.3 is 12.1 Å². The Bertz CT molecular complexity index is 620. The number of carbonyl (C=O) groups excluding carboxylic acids is 1. The molecule has 0 aliphatic heterocycles.